The van der Waals surface area contributed by atoms with Gasteiger partial charge >= 0.3 is 5.51 Å². The average Bonchev–Trinajstić information content (AvgIpc) is 3.01. The van der Waals surface area contributed by atoms with E-state index in [0.29, 0.717) is 0 Å². The number of nitrogens with zero attached hydrogens (tertiary/aromatic N) is 3. The van der Waals surface area contributed by atoms with Gasteiger partial charge in [0.15, 0.2) is 10.8 Å². The molecule has 0 saturated carbocycles. The Morgan fingerprint density at radius 3 is 2.59 bits per heavy atom. The number of alkyl halides is 3. The molecular formula is C14H10F3N3O5S2. The summed E-state index contributed by atoms with van der Waals surface area (Å²) in [6.07, 6.45) is 2.02. The molecule has 8 nitrogen and oxygen atoms in total. The Hall–Kier alpha value is -2.38. The predicted molar refractivity (Wildman–Crippen MR) is 86.7 cm³/mol. The third kappa shape index (κ3) is 3.70. The van der Waals surface area contributed by atoms with Gasteiger partial charge in [-0.1, -0.05) is 6.92 Å². The summed E-state index contributed by atoms with van der Waals surface area (Å²) in [5.74, 6) is -0.199. The molecule has 3 heterocycles. The Labute approximate surface area is 152 Å². The van der Waals surface area contributed by atoms with E-state index in [0.717, 1.165) is 24.5 Å². The molecule has 0 saturated heterocycles. The van der Waals surface area contributed by atoms with Gasteiger partial charge in [-0.15, -0.1) is 0 Å². The SMILES string of the molecule is CCc1c(S(=O)(=O)O)ccnc1-c1nc2cc(S(=O)C(F)(F)F)cnc2o1. The number of fused-ring (bicyclic) bond motifs is 1. The number of halogens is 3. The van der Waals surface area contributed by atoms with Crippen molar-refractivity contribution in [2.75, 3.05) is 0 Å². The Bertz CT molecular complexity index is 1160. The maximum absolute atomic E-state index is 12.6. The van der Waals surface area contributed by atoms with E-state index in [2.05, 4.69) is 15.0 Å². The van der Waals surface area contributed by atoms with E-state index in [-0.39, 0.29) is 39.7 Å². The molecule has 27 heavy (non-hydrogen) atoms. The van der Waals surface area contributed by atoms with Gasteiger partial charge in [0.25, 0.3) is 10.1 Å². The summed E-state index contributed by atoms with van der Waals surface area (Å²) in [4.78, 5) is 10.6. The highest BCUT2D eigenvalue weighted by atomic mass is 32.2. The molecule has 0 aromatic carbocycles. The first-order chi connectivity index (χ1) is 12.5. The van der Waals surface area contributed by atoms with E-state index in [1.54, 1.807) is 6.92 Å². The van der Waals surface area contributed by atoms with Crippen LogP contribution in [0.1, 0.15) is 12.5 Å². The van der Waals surface area contributed by atoms with Crippen molar-refractivity contribution in [1.82, 2.24) is 15.0 Å². The minimum absolute atomic E-state index is 0.0101. The van der Waals surface area contributed by atoms with Crippen molar-refractivity contribution < 1.29 is 34.8 Å². The lowest BCUT2D eigenvalue weighted by atomic mass is 10.1. The lowest BCUT2D eigenvalue weighted by molar-refractivity contribution is -0.0384. The standard InChI is InChI=1S/C14H10F3N3O5S2/c1-2-8-10(27(22,23)24)3-4-18-11(8)13-20-9-5-7(6-19-12(9)25-13)26(21)14(15,16)17/h3-6H,2H2,1H3,(H,22,23,24). The molecular weight excluding hydrogens is 411 g/mol. The highest BCUT2D eigenvalue weighted by Gasteiger charge is 2.38. The van der Waals surface area contributed by atoms with Gasteiger partial charge in [-0.25, -0.2) is 14.2 Å². The van der Waals surface area contributed by atoms with Crippen molar-refractivity contribution in [3.05, 3.63) is 30.1 Å². The topological polar surface area (TPSA) is 123 Å². The lowest BCUT2D eigenvalue weighted by Gasteiger charge is -2.07. The zero-order chi connectivity index (χ0) is 20.0. The molecule has 13 heteroatoms. The smallest absolute Gasteiger partial charge is 0.416 e. The highest BCUT2D eigenvalue weighted by Crippen LogP contribution is 2.31. The molecule has 1 atom stereocenters. The van der Waals surface area contributed by atoms with Gasteiger partial charge < -0.3 is 4.42 Å². The summed E-state index contributed by atoms with van der Waals surface area (Å²) in [7, 11) is -7.82. The third-order valence-electron chi connectivity index (χ3n) is 3.49. The van der Waals surface area contributed by atoms with Crippen LogP contribution in [-0.4, -0.2) is 37.6 Å². The fraction of sp³-hybridized carbons (Fsp3) is 0.214. The first kappa shape index (κ1) is 19.4. The number of pyridine rings is 2. The molecule has 0 bridgehead atoms. The predicted octanol–water partition coefficient (Wildman–Crippen LogP) is 2.72. The maximum Gasteiger partial charge on any atom is 0.475 e. The van der Waals surface area contributed by atoms with Crippen LogP contribution in [0.3, 0.4) is 0 Å². The maximum atomic E-state index is 12.6. The van der Waals surface area contributed by atoms with Crippen molar-refractivity contribution in [3.8, 4) is 11.6 Å². The fourth-order valence-corrected chi connectivity index (χ4v) is 3.80. The first-order valence-electron chi connectivity index (χ1n) is 7.23. The van der Waals surface area contributed by atoms with E-state index in [1.165, 1.54) is 0 Å². The Morgan fingerprint density at radius 2 is 2.00 bits per heavy atom. The van der Waals surface area contributed by atoms with E-state index < -0.39 is 31.3 Å². The summed E-state index contributed by atoms with van der Waals surface area (Å²) < 4.78 is 86.9. The summed E-state index contributed by atoms with van der Waals surface area (Å²) >= 11 is 0. The van der Waals surface area contributed by atoms with Gasteiger partial charge in [0.2, 0.25) is 11.6 Å². The fourth-order valence-electron chi connectivity index (χ4n) is 2.38. The van der Waals surface area contributed by atoms with Crippen LogP contribution in [0.5, 0.6) is 0 Å². The quantitative estimate of drug-likeness (QED) is 0.638. The second-order valence-corrected chi connectivity index (χ2v) is 8.06. The number of rotatable bonds is 4. The molecule has 144 valence electrons. The van der Waals surface area contributed by atoms with Crippen LogP contribution in [-0.2, 0) is 27.3 Å². The molecule has 0 fully saturated rings. The molecule has 0 aliphatic carbocycles. The zero-order valence-corrected chi connectivity index (χ0v) is 15.0. The summed E-state index contributed by atoms with van der Waals surface area (Å²) in [6, 6.07) is 2.01. The average molecular weight is 421 g/mol. The normalized spacial score (nSPS) is 13.8. The van der Waals surface area contributed by atoms with Crippen molar-refractivity contribution in [3.63, 3.8) is 0 Å². The minimum atomic E-state index is -4.96. The first-order valence-corrected chi connectivity index (χ1v) is 9.82. The van der Waals surface area contributed by atoms with Crippen molar-refractivity contribution >= 4 is 32.1 Å². The van der Waals surface area contributed by atoms with Crippen LogP contribution < -0.4 is 0 Å². The monoisotopic (exact) mass is 421 g/mol. The zero-order valence-electron chi connectivity index (χ0n) is 13.4. The van der Waals surface area contributed by atoms with Crippen molar-refractivity contribution in [2.45, 2.75) is 28.6 Å². The van der Waals surface area contributed by atoms with Gasteiger partial charge in [0, 0.05) is 18.0 Å². The number of hydrogen-bond acceptors (Lipinski definition) is 7. The van der Waals surface area contributed by atoms with Gasteiger partial charge in [0.05, 0.1) is 4.90 Å². The van der Waals surface area contributed by atoms with Crippen LogP contribution in [0.15, 0.2) is 38.7 Å². The van der Waals surface area contributed by atoms with Gasteiger partial charge in [-0.3, -0.25) is 9.54 Å². The van der Waals surface area contributed by atoms with Crippen LogP contribution in [0.25, 0.3) is 22.8 Å². The molecule has 3 rings (SSSR count). The van der Waals surface area contributed by atoms with E-state index in [1.807, 2.05) is 0 Å². The highest BCUT2D eigenvalue weighted by molar-refractivity contribution is 7.86. The molecule has 1 N–H and O–H groups in total. The Balaban J connectivity index is 2.16. The third-order valence-corrected chi connectivity index (χ3v) is 5.50. The molecule has 0 spiro atoms. The molecule has 3 aromatic rings. The number of oxazole rings is 1. The van der Waals surface area contributed by atoms with E-state index >= 15 is 0 Å². The number of hydrogen-bond donors (Lipinski definition) is 1. The minimum Gasteiger partial charge on any atom is -0.416 e. The van der Waals surface area contributed by atoms with Gasteiger partial charge in [0.1, 0.15) is 16.1 Å². The summed E-state index contributed by atoms with van der Waals surface area (Å²) in [6.45, 7) is 1.61. The largest absolute Gasteiger partial charge is 0.475 e. The molecule has 3 aromatic heterocycles. The molecule has 0 aliphatic heterocycles. The molecule has 0 amide bonds. The lowest BCUT2D eigenvalue weighted by Crippen LogP contribution is -2.16. The molecule has 0 aliphatic rings. The van der Waals surface area contributed by atoms with Crippen molar-refractivity contribution in [1.29, 1.82) is 0 Å². The van der Waals surface area contributed by atoms with Crippen molar-refractivity contribution in [2.24, 2.45) is 0 Å². The summed E-state index contributed by atoms with van der Waals surface area (Å²) in [5.41, 5.74) is -5.10. The van der Waals surface area contributed by atoms with E-state index in [9.17, 15) is 30.4 Å². The van der Waals surface area contributed by atoms with E-state index in [4.69, 9.17) is 4.42 Å². The van der Waals surface area contributed by atoms with Crippen LogP contribution in [0.4, 0.5) is 13.2 Å². The van der Waals surface area contributed by atoms with Crippen LogP contribution >= 0.6 is 0 Å². The van der Waals surface area contributed by atoms with Crippen LogP contribution in [0, 0.1) is 0 Å². The molecule has 0 radical (unpaired) electrons. The summed E-state index contributed by atoms with van der Waals surface area (Å²) in [5, 5.41) is 0. The Kier molecular flexibility index (Phi) is 4.78. The number of aromatic nitrogens is 3. The second-order valence-electron chi connectivity index (χ2n) is 5.19. The van der Waals surface area contributed by atoms with Gasteiger partial charge in [-0.05, 0) is 18.6 Å². The van der Waals surface area contributed by atoms with Gasteiger partial charge in [-0.2, -0.15) is 21.6 Å². The molecule has 1 unspecified atom stereocenters. The Morgan fingerprint density at radius 1 is 1.30 bits per heavy atom. The van der Waals surface area contributed by atoms with Crippen LogP contribution in [0.2, 0.25) is 0 Å². The second kappa shape index (κ2) is 6.65.